The second kappa shape index (κ2) is 5.85. The molecule has 0 aliphatic heterocycles. The normalized spacial score (nSPS) is 15.2. The molecule has 1 aliphatic carbocycles. The van der Waals surface area contributed by atoms with Crippen molar-refractivity contribution in [3.63, 3.8) is 0 Å². The monoisotopic (exact) mass is 307 g/mol. The van der Waals surface area contributed by atoms with Crippen LogP contribution in [0.4, 0.5) is 8.78 Å². The summed E-state index contributed by atoms with van der Waals surface area (Å²) >= 11 is 1.73. The summed E-state index contributed by atoms with van der Waals surface area (Å²) in [7, 11) is 0. The molecule has 112 valence electrons. The summed E-state index contributed by atoms with van der Waals surface area (Å²) in [5.74, 6) is -1.46. The topological polar surface area (TPSA) is 12.0 Å². The Labute approximate surface area is 128 Å². The van der Waals surface area contributed by atoms with E-state index in [0.29, 0.717) is 17.7 Å². The Bertz CT molecular complexity index is 642. The number of thiophene rings is 1. The summed E-state index contributed by atoms with van der Waals surface area (Å²) in [6.07, 6.45) is 3.43. The Hall–Kier alpha value is -1.26. The zero-order chi connectivity index (χ0) is 15.0. The van der Waals surface area contributed by atoms with Gasteiger partial charge in [-0.1, -0.05) is 19.1 Å². The fourth-order valence-electron chi connectivity index (χ4n) is 2.95. The van der Waals surface area contributed by atoms with Gasteiger partial charge >= 0.3 is 0 Å². The fourth-order valence-corrected chi connectivity index (χ4v) is 4.30. The minimum atomic E-state index is -0.737. The molecule has 0 fully saturated rings. The van der Waals surface area contributed by atoms with Gasteiger partial charge in [0, 0.05) is 15.3 Å². The first-order valence-corrected chi connectivity index (χ1v) is 8.22. The minimum Gasteiger partial charge on any atom is -0.306 e. The molecule has 3 rings (SSSR count). The lowest BCUT2D eigenvalue weighted by Crippen LogP contribution is -2.22. The maximum absolute atomic E-state index is 14.3. The Morgan fingerprint density at radius 3 is 2.76 bits per heavy atom. The second-order valence-corrected chi connectivity index (χ2v) is 6.71. The largest absolute Gasteiger partial charge is 0.306 e. The Kier molecular flexibility index (Phi) is 4.09. The third kappa shape index (κ3) is 2.62. The summed E-state index contributed by atoms with van der Waals surface area (Å²) in [4.78, 5) is 2.49. The van der Waals surface area contributed by atoms with Gasteiger partial charge in [-0.15, -0.1) is 11.3 Å². The average Bonchev–Trinajstić information content (AvgIpc) is 3.04. The molecule has 0 radical (unpaired) electrons. The van der Waals surface area contributed by atoms with E-state index >= 15 is 0 Å². The van der Waals surface area contributed by atoms with Gasteiger partial charge in [-0.3, -0.25) is 0 Å². The van der Waals surface area contributed by atoms with Crippen molar-refractivity contribution >= 4 is 11.3 Å². The quantitative estimate of drug-likeness (QED) is 0.875. The first-order valence-electron chi connectivity index (χ1n) is 7.41. The van der Waals surface area contributed by atoms with Crippen molar-refractivity contribution in [3.05, 3.63) is 56.3 Å². The molecule has 1 nitrogen and oxygen atoms in total. The smallest absolute Gasteiger partial charge is 0.164 e. The van der Waals surface area contributed by atoms with Crippen molar-refractivity contribution < 1.29 is 8.78 Å². The van der Waals surface area contributed by atoms with E-state index in [1.165, 1.54) is 16.9 Å². The lowest BCUT2D eigenvalue weighted by Gasteiger charge is -2.18. The summed E-state index contributed by atoms with van der Waals surface area (Å²) in [6, 6.07) is 5.25. The van der Waals surface area contributed by atoms with Gasteiger partial charge in [0.15, 0.2) is 11.6 Å². The third-order valence-electron chi connectivity index (χ3n) is 4.07. The molecule has 0 saturated heterocycles. The first-order chi connectivity index (χ1) is 10.1. The molecule has 21 heavy (non-hydrogen) atoms. The molecule has 1 heterocycles. The van der Waals surface area contributed by atoms with Crippen LogP contribution in [0.25, 0.3) is 0 Å². The average molecular weight is 307 g/mol. The highest BCUT2D eigenvalue weighted by atomic mass is 32.1. The molecule has 2 aromatic rings. The standard InChI is InChI=1S/C17H19F2NS/c1-3-20-17(12-8-7-10(2)15(18)16(12)19)14-9-11-5-4-6-13(11)21-14/h7-9,17,20H,3-6H2,1-2H3. The van der Waals surface area contributed by atoms with Gasteiger partial charge in [0.05, 0.1) is 6.04 Å². The third-order valence-corrected chi connectivity index (χ3v) is 5.38. The summed E-state index contributed by atoms with van der Waals surface area (Å²) < 4.78 is 28.2. The van der Waals surface area contributed by atoms with Gasteiger partial charge in [0.1, 0.15) is 0 Å². The van der Waals surface area contributed by atoms with Crippen LogP contribution in [-0.4, -0.2) is 6.54 Å². The Morgan fingerprint density at radius 2 is 2.05 bits per heavy atom. The molecule has 1 atom stereocenters. The highest BCUT2D eigenvalue weighted by Gasteiger charge is 2.24. The zero-order valence-electron chi connectivity index (χ0n) is 12.3. The molecule has 1 aromatic heterocycles. The van der Waals surface area contributed by atoms with E-state index in [9.17, 15) is 8.78 Å². The lowest BCUT2D eigenvalue weighted by atomic mass is 10.0. The zero-order valence-corrected chi connectivity index (χ0v) is 13.1. The predicted octanol–water partition coefficient (Wildman–Crippen LogP) is 4.52. The molecule has 0 saturated carbocycles. The van der Waals surface area contributed by atoms with E-state index in [1.54, 1.807) is 30.4 Å². The number of halogens is 2. The van der Waals surface area contributed by atoms with Crippen LogP contribution < -0.4 is 5.32 Å². The number of benzene rings is 1. The number of fused-ring (bicyclic) bond motifs is 1. The van der Waals surface area contributed by atoms with E-state index in [1.807, 2.05) is 6.92 Å². The van der Waals surface area contributed by atoms with Gasteiger partial charge in [-0.25, -0.2) is 8.78 Å². The number of aryl methyl sites for hydroxylation is 3. The SMILES string of the molecule is CCNC(c1cc2c(s1)CCC2)c1ccc(C)c(F)c1F. The van der Waals surface area contributed by atoms with Crippen molar-refractivity contribution in [2.45, 2.75) is 39.2 Å². The van der Waals surface area contributed by atoms with E-state index < -0.39 is 11.6 Å². The number of hydrogen-bond acceptors (Lipinski definition) is 2. The molecule has 1 aliphatic rings. The highest BCUT2D eigenvalue weighted by molar-refractivity contribution is 7.12. The Balaban J connectivity index is 2.03. The van der Waals surface area contributed by atoms with E-state index in [4.69, 9.17) is 0 Å². The van der Waals surface area contributed by atoms with Gasteiger partial charge in [-0.2, -0.15) is 0 Å². The molecule has 4 heteroatoms. The summed E-state index contributed by atoms with van der Waals surface area (Å²) in [5.41, 5.74) is 2.13. The number of hydrogen-bond donors (Lipinski definition) is 1. The van der Waals surface area contributed by atoms with Crippen molar-refractivity contribution in [2.24, 2.45) is 0 Å². The van der Waals surface area contributed by atoms with Crippen LogP contribution in [0.15, 0.2) is 18.2 Å². The van der Waals surface area contributed by atoms with Gasteiger partial charge in [-0.05, 0) is 49.9 Å². The van der Waals surface area contributed by atoms with Gasteiger partial charge in [0.25, 0.3) is 0 Å². The molecule has 1 aromatic carbocycles. The minimum absolute atomic E-state index is 0.263. The van der Waals surface area contributed by atoms with Crippen LogP contribution in [-0.2, 0) is 12.8 Å². The van der Waals surface area contributed by atoms with Crippen LogP contribution in [0.1, 0.15) is 45.8 Å². The van der Waals surface area contributed by atoms with Crippen molar-refractivity contribution in [1.82, 2.24) is 5.32 Å². The maximum Gasteiger partial charge on any atom is 0.164 e. The molecule has 0 bridgehead atoms. The van der Waals surface area contributed by atoms with Crippen LogP contribution in [0, 0.1) is 18.6 Å². The van der Waals surface area contributed by atoms with Crippen molar-refractivity contribution in [2.75, 3.05) is 6.54 Å². The van der Waals surface area contributed by atoms with Crippen LogP contribution in [0.2, 0.25) is 0 Å². The van der Waals surface area contributed by atoms with Gasteiger partial charge in [0.2, 0.25) is 0 Å². The molecular weight excluding hydrogens is 288 g/mol. The summed E-state index contributed by atoms with van der Waals surface area (Å²) in [5, 5.41) is 3.30. The van der Waals surface area contributed by atoms with E-state index in [-0.39, 0.29) is 6.04 Å². The van der Waals surface area contributed by atoms with Crippen LogP contribution in [0.3, 0.4) is 0 Å². The molecule has 0 spiro atoms. The van der Waals surface area contributed by atoms with Crippen molar-refractivity contribution in [3.8, 4) is 0 Å². The van der Waals surface area contributed by atoms with Crippen LogP contribution in [0.5, 0.6) is 0 Å². The second-order valence-electron chi connectivity index (χ2n) is 5.54. The first kappa shape index (κ1) is 14.7. The lowest BCUT2D eigenvalue weighted by molar-refractivity contribution is 0.479. The highest BCUT2D eigenvalue weighted by Crippen LogP contribution is 2.37. The fraction of sp³-hybridized carbons (Fsp3) is 0.412. The predicted molar refractivity (Wildman–Crippen MR) is 83.0 cm³/mol. The maximum atomic E-state index is 14.3. The number of nitrogens with one attached hydrogen (secondary N) is 1. The van der Waals surface area contributed by atoms with Crippen LogP contribution >= 0.6 is 11.3 Å². The van der Waals surface area contributed by atoms with E-state index in [2.05, 4.69) is 11.4 Å². The van der Waals surface area contributed by atoms with Crippen molar-refractivity contribution in [1.29, 1.82) is 0 Å². The van der Waals surface area contributed by atoms with E-state index in [0.717, 1.165) is 17.7 Å². The molecular formula is C17H19F2NS. The molecule has 0 amide bonds. The molecule has 1 N–H and O–H groups in total. The summed E-state index contributed by atoms with van der Waals surface area (Å²) in [6.45, 7) is 4.28. The molecule has 1 unspecified atom stereocenters. The van der Waals surface area contributed by atoms with Gasteiger partial charge < -0.3 is 5.32 Å². The Morgan fingerprint density at radius 1 is 1.24 bits per heavy atom. The number of rotatable bonds is 4.